The van der Waals surface area contributed by atoms with Crippen molar-refractivity contribution >= 4 is 7.85 Å². The molecule has 0 aliphatic carbocycles. The lowest BCUT2D eigenvalue weighted by Gasteiger charge is -2.30. The second kappa shape index (κ2) is 3.37. The van der Waals surface area contributed by atoms with Crippen LogP contribution in [-0.2, 0) is 4.74 Å². The van der Waals surface area contributed by atoms with E-state index >= 15 is 0 Å². The zero-order valence-electron chi connectivity index (χ0n) is 5.73. The lowest BCUT2D eigenvalue weighted by molar-refractivity contribution is -0.0936. The Morgan fingerprint density at radius 2 is 2.30 bits per heavy atom. The van der Waals surface area contributed by atoms with Crippen LogP contribution in [0.4, 0.5) is 0 Å². The van der Waals surface area contributed by atoms with Crippen LogP contribution in [0.3, 0.4) is 0 Å². The van der Waals surface area contributed by atoms with Crippen molar-refractivity contribution in [3.8, 4) is 0 Å². The van der Waals surface area contributed by atoms with E-state index in [1.54, 1.807) is 0 Å². The van der Waals surface area contributed by atoms with Crippen LogP contribution >= 0.6 is 0 Å². The first-order chi connectivity index (χ1) is 4.74. The standard InChI is InChI=1S/C6H11BO3/c7-4-1-5(9)6(2-8)10-3-4/h4-6,8-9H,1-3H2/t4-,5?,6?/m1/s1. The third-order valence-electron chi connectivity index (χ3n) is 1.68. The Labute approximate surface area is 61.4 Å². The fraction of sp³-hybridized carbons (Fsp3) is 1.00. The van der Waals surface area contributed by atoms with E-state index in [4.69, 9.17) is 17.7 Å². The van der Waals surface area contributed by atoms with Gasteiger partial charge in [0, 0.05) is 6.61 Å². The van der Waals surface area contributed by atoms with Crippen molar-refractivity contribution in [2.75, 3.05) is 13.2 Å². The van der Waals surface area contributed by atoms with Gasteiger partial charge < -0.3 is 14.9 Å². The van der Waals surface area contributed by atoms with Crippen molar-refractivity contribution in [1.82, 2.24) is 0 Å². The minimum atomic E-state index is -0.603. The Hall–Kier alpha value is -0.0551. The Balaban J connectivity index is 2.36. The summed E-state index contributed by atoms with van der Waals surface area (Å²) < 4.78 is 5.03. The molecule has 0 aromatic rings. The van der Waals surface area contributed by atoms with Crippen molar-refractivity contribution in [3.63, 3.8) is 0 Å². The topological polar surface area (TPSA) is 49.7 Å². The third kappa shape index (κ3) is 1.72. The van der Waals surface area contributed by atoms with Crippen LogP contribution < -0.4 is 0 Å². The molecule has 2 unspecified atom stereocenters. The van der Waals surface area contributed by atoms with Crippen molar-refractivity contribution < 1.29 is 14.9 Å². The molecule has 56 valence electrons. The van der Waals surface area contributed by atoms with Gasteiger partial charge in [-0.2, -0.15) is 0 Å². The van der Waals surface area contributed by atoms with Gasteiger partial charge in [-0.1, -0.05) is 5.82 Å². The zero-order chi connectivity index (χ0) is 7.56. The lowest BCUT2D eigenvalue weighted by atomic mass is 9.81. The summed E-state index contributed by atoms with van der Waals surface area (Å²) >= 11 is 0. The number of aliphatic hydroxyl groups is 2. The van der Waals surface area contributed by atoms with Crippen LogP contribution in [0, 0.1) is 0 Å². The zero-order valence-corrected chi connectivity index (χ0v) is 5.73. The smallest absolute Gasteiger partial charge is 0.106 e. The Bertz CT molecular complexity index is 109. The molecular formula is C6H11BO3. The molecule has 10 heavy (non-hydrogen) atoms. The average Bonchev–Trinajstić information content (AvgIpc) is 1.88. The van der Waals surface area contributed by atoms with Gasteiger partial charge in [-0.25, -0.2) is 0 Å². The highest BCUT2D eigenvalue weighted by Crippen LogP contribution is 2.20. The minimum Gasteiger partial charge on any atom is -0.394 e. The van der Waals surface area contributed by atoms with E-state index in [9.17, 15) is 5.11 Å². The second-order valence-electron chi connectivity index (χ2n) is 2.62. The minimum absolute atomic E-state index is 0.0854. The lowest BCUT2D eigenvalue weighted by Crippen LogP contribution is -2.39. The Kier molecular flexibility index (Phi) is 2.71. The predicted octanol–water partition coefficient (Wildman–Crippen LogP) is -0.915. The maximum Gasteiger partial charge on any atom is 0.106 e. The molecule has 1 aliphatic rings. The number of rotatable bonds is 1. The first kappa shape index (κ1) is 8.05. The van der Waals surface area contributed by atoms with E-state index < -0.39 is 12.2 Å². The highest BCUT2D eigenvalue weighted by molar-refractivity contribution is 6.11. The maximum absolute atomic E-state index is 9.17. The molecule has 1 aliphatic heterocycles. The largest absolute Gasteiger partial charge is 0.394 e. The van der Waals surface area contributed by atoms with Crippen LogP contribution in [0.15, 0.2) is 0 Å². The summed E-state index contributed by atoms with van der Waals surface area (Å²) in [6, 6.07) is 0. The summed E-state index contributed by atoms with van der Waals surface area (Å²) in [4.78, 5) is 0. The van der Waals surface area contributed by atoms with Gasteiger partial charge in [0.2, 0.25) is 0 Å². The van der Waals surface area contributed by atoms with E-state index in [1.165, 1.54) is 0 Å². The maximum atomic E-state index is 9.17. The summed E-state index contributed by atoms with van der Waals surface area (Å²) in [5.41, 5.74) is 0. The molecule has 1 heterocycles. The molecule has 2 N–H and O–H groups in total. The van der Waals surface area contributed by atoms with Gasteiger partial charge in [-0.15, -0.1) is 0 Å². The Morgan fingerprint density at radius 3 is 2.80 bits per heavy atom. The quantitative estimate of drug-likeness (QED) is 0.465. The summed E-state index contributed by atoms with van der Waals surface area (Å²) in [7, 11) is 5.48. The normalized spacial score (nSPS) is 41.6. The fourth-order valence-corrected chi connectivity index (χ4v) is 1.06. The summed E-state index contributed by atoms with van der Waals surface area (Å²) in [5, 5.41) is 17.8. The molecule has 1 saturated heterocycles. The number of ether oxygens (including phenoxy) is 1. The van der Waals surface area contributed by atoms with Crippen LogP contribution in [0.5, 0.6) is 0 Å². The number of aliphatic hydroxyl groups excluding tert-OH is 2. The Morgan fingerprint density at radius 1 is 1.60 bits per heavy atom. The van der Waals surface area contributed by atoms with E-state index in [-0.39, 0.29) is 12.4 Å². The summed E-state index contributed by atoms with van der Waals surface area (Å²) in [6.07, 6.45) is -0.515. The molecule has 0 aromatic heterocycles. The summed E-state index contributed by atoms with van der Waals surface area (Å²) in [6.45, 7) is 0.302. The highest BCUT2D eigenvalue weighted by Gasteiger charge is 2.26. The van der Waals surface area contributed by atoms with Gasteiger partial charge in [0.1, 0.15) is 6.10 Å². The van der Waals surface area contributed by atoms with Crippen molar-refractivity contribution in [3.05, 3.63) is 0 Å². The fourth-order valence-electron chi connectivity index (χ4n) is 1.06. The molecule has 3 atom stereocenters. The van der Waals surface area contributed by atoms with Crippen LogP contribution in [0.1, 0.15) is 6.42 Å². The van der Waals surface area contributed by atoms with Crippen LogP contribution in [0.2, 0.25) is 5.82 Å². The van der Waals surface area contributed by atoms with E-state index in [2.05, 4.69) is 0 Å². The molecule has 0 saturated carbocycles. The van der Waals surface area contributed by atoms with Gasteiger partial charge in [-0.05, 0) is 6.42 Å². The monoisotopic (exact) mass is 142 g/mol. The van der Waals surface area contributed by atoms with Gasteiger partial charge in [-0.3, -0.25) is 0 Å². The van der Waals surface area contributed by atoms with Crippen molar-refractivity contribution in [2.24, 2.45) is 0 Å². The SMILES string of the molecule is [B][C@H]1COC(CO)C(O)C1. The van der Waals surface area contributed by atoms with Gasteiger partial charge in [0.25, 0.3) is 0 Å². The van der Waals surface area contributed by atoms with E-state index in [1.807, 2.05) is 0 Å². The van der Waals surface area contributed by atoms with E-state index in [0.29, 0.717) is 13.0 Å². The molecule has 2 radical (unpaired) electrons. The molecule has 3 nitrogen and oxygen atoms in total. The highest BCUT2D eigenvalue weighted by atomic mass is 16.5. The van der Waals surface area contributed by atoms with Crippen LogP contribution in [0.25, 0.3) is 0 Å². The molecule has 0 aromatic carbocycles. The molecule has 0 amide bonds. The van der Waals surface area contributed by atoms with Gasteiger partial charge >= 0.3 is 0 Å². The average molecular weight is 142 g/mol. The molecule has 0 spiro atoms. The molecule has 1 rings (SSSR count). The first-order valence-corrected chi connectivity index (χ1v) is 3.40. The van der Waals surface area contributed by atoms with Crippen molar-refractivity contribution in [2.45, 2.75) is 24.4 Å². The molecule has 4 heteroatoms. The van der Waals surface area contributed by atoms with Crippen molar-refractivity contribution in [1.29, 1.82) is 0 Å². The first-order valence-electron chi connectivity index (χ1n) is 3.40. The predicted molar refractivity (Wildman–Crippen MR) is 37.0 cm³/mol. The molecule has 0 bridgehead atoms. The van der Waals surface area contributed by atoms with Crippen LogP contribution in [-0.4, -0.2) is 43.5 Å². The molecule has 1 fully saturated rings. The van der Waals surface area contributed by atoms with Gasteiger partial charge in [0.05, 0.1) is 20.6 Å². The molecular weight excluding hydrogens is 131 g/mol. The summed E-state index contributed by atoms with van der Waals surface area (Å²) in [5.74, 6) is -0.0854. The van der Waals surface area contributed by atoms with E-state index in [0.717, 1.165) is 0 Å². The second-order valence-corrected chi connectivity index (χ2v) is 2.62. The number of hydrogen-bond donors (Lipinski definition) is 2. The third-order valence-corrected chi connectivity index (χ3v) is 1.68. The number of hydrogen-bond acceptors (Lipinski definition) is 3. The van der Waals surface area contributed by atoms with Gasteiger partial charge in [0.15, 0.2) is 0 Å².